The number of primary amides is 1. The van der Waals surface area contributed by atoms with E-state index in [-0.39, 0.29) is 24.3 Å². The second-order valence-corrected chi connectivity index (χ2v) is 16.4. The average Bonchev–Trinajstić information content (AvgIpc) is 3.35. The molecular formula is C34H64N6O7. The summed E-state index contributed by atoms with van der Waals surface area (Å²) < 4.78 is 5.42. The van der Waals surface area contributed by atoms with Gasteiger partial charge in [0.2, 0.25) is 11.7 Å². The van der Waals surface area contributed by atoms with E-state index in [1.165, 1.54) is 0 Å². The number of aliphatic hydroxyl groups excluding tert-OH is 1. The van der Waals surface area contributed by atoms with Gasteiger partial charge in [0.15, 0.2) is 0 Å². The molecule has 1 heterocycles. The number of urea groups is 1. The van der Waals surface area contributed by atoms with Crippen LogP contribution in [0.2, 0.25) is 0 Å². The molecule has 5 amide bonds. The fourth-order valence-electron chi connectivity index (χ4n) is 5.71. The number of ether oxygens (including phenoxy) is 1. The van der Waals surface area contributed by atoms with E-state index in [9.17, 15) is 29.1 Å². The smallest absolute Gasteiger partial charge is 0.407 e. The molecule has 7 N–H and O–H groups in total. The number of likely N-dealkylation sites (tertiary alicyclic amines) is 1. The van der Waals surface area contributed by atoms with Crippen LogP contribution in [0.25, 0.3) is 0 Å². The van der Waals surface area contributed by atoms with Crippen LogP contribution in [-0.2, 0) is 19.1 Å². The summed E-state index contributed by atoms with van der Waals surface area (Å²) in [4.78, 5) is 66.1. The minimum absolute atomic E-state index is 0.0841. The number of carbonyl (C=O) groups excluding carboxylic acids is 5. The minimum Gasteiger partial charge on any atom is -0.447 e. The second kappa shape index (κ2) is 17.5. The maximum Gasteiger partial charge on any atom is 0.407 e. The predicted molar refractivity (Wildman–Crippen MR) is 182 cm³/mol. The van der Waals surface area contributed by atoms with Gasteiger partial charge in [-0.2, -0.15) is 0 Å². The van der Waals surface area contributed by atoms with Gasteiger partial charge in [-0.3, -0.25) is 19.7 Å². The van der Waals surface area contributed by atoms with E-state index >= 15 is 0 Å². The van der Waals surface area contributed by atoms with Crippen molar-refractivity contribution in [2.45, 2.75) is 151 Å². The van der Waals surface area contributed by atoms with E-state index in [1.54, 1.807) is 4.90 Å². The lowest BCUT2D eigenvalue weighted by molar-refractivity contribution is -0.141. The van der Waals surface area contributed by atoms with Gasteiger partial charge in [-0.05, 0) is 56.3 Å². The van der Waals surface area contributed by atoms with Gasteiger partial charge in [0, 0.05) is 12.1 Å². The molecule has 13 heteroatoms. The molecule has 13 nitrogen and oxygen atoms in total. The molecule has 1 rings (SSSR count). The maximum absolute atomic E-state index is 14.3. The number of carbonyl (C=O) groups is 5. The van der Waals surface area contributed by atoms with Crippen LogP contribution in [0, 0.1) is 22.7 Å². The first-order valence-electron chi connectivity index (χ1n) is 17.0. The van der Waals surface area contributed by atoms with Gasteiger partial charge in [0.25, 0.3) is 5.91 Å². The highest BCUT2D eigenvalue weighted by Gasteiger charge is 2.45. The molecule has 0 saturated carbocycles. The van der Waals surface area contributed by atoms with Gasteiger partial charge >= 0.3 is 12.1 Å². The molecule has 0 aliphatic carbocycles. The van der Waals surface area contributed by atoms with Crippen LogP contribution in [0.5, 0.6) is 0 Å². The van der Waals surface area contributed by atoms with E-state index in [4.69, 9.17) is 10.5 Å². The van der Waals surface area contributed by atoms with Gasteiger partial charge < -0.3 is 36.4 Å². The summed E-state index contributed by atoms with van der Waals surface area (Å²) in [7, 11) is 0. The van der Waals surface area contributed by atoms with Crippen molar-refractivity contribution in [3.8, 4) is 0 Å². The summed E-state index contributed by atoms with van der Waals surface area (Å²) >= 11 is 0. The predicted octanol–water partition coefficient (Wildman–Crippen LogP) is 3.42. The fourth-order valence-corrected chi connectivity index (χ4v) is 5.71. The van der Waals surface area contributed by atoms with E-state index in [0.717, 1.165) is 19.3 Å². The number of nitrogens with two attached hydrogens (primary N) is 1. The summed E-state index contributed by atoms with van der Waals surface area (Å²) in [5, 5.41) is 22.8. The molecule has 7 atom stereocenters. The molecule has 0 aromatic carbocycles. The normalized spacial score (nSPS) is 20.4. The second-order valence-electron chi connectivity index (χ2n) is 16.4. The Kier molecular flexibility index (Phi) is 15.6. The lowest BCUT2D eigenvalue weighted by Crippen LogP contribution is -2.62. The molecule has 1 aliphatic heterocycles. The van der Waals surface area contributed by atoms with Crippen molar-refractivity contribution < 1.29 is 33.8 Å². The van der Waals surface area contributed by atoms with Gasteiger partial charge in [0.1, 0.15) is 18.9 Å². The van der Waals surface area contributed by atoms with Crippen LogP contribution in [-0.4, -0.2) is 88.8 Å². The summed E-state index contributed by atoms with van der Waals surface area (Å²) in [6.07, 6.45) is 1.36. The number of ketones is 1. The van der Waals surface area contributed by atoms with E-state index in [1.807, 2.05) is 83.1 Å². The summed E-state index contributed by atoms with van der Waals surface area (Å²) in [5.41, 5.74) is 3.64. The van der Waals surface area contributed by atoms with E-state index in [2.05, 4.69) is 21.3 Å². The Balaban J connectivity index is 3.22. The largest absolute Gasteiger partial charge is 0.447 e. The number of hydrogen-bond donors (Lipinski definition) is 6. The van der Waals surface area contributed by atoms with Crippen LogP contribution in [0.15, 0.2) is 0 Å². The summed E-state index contributed by atoms with van der Waals surface area (Å²) in [6.45, 7) is 23.0. The van der Waals surface area contributed by atoms with Crippen molar-refractivity contribution in [3.05, 3.63) is 0 Å². The minimum atomic E-state index is -1.31. The maximum atomic E-state index is 14.3. The van der Waals surface area contributed by atoms with Crippen molar-refractivity contribution in [1.82, 2.24) is 26.2 Å². The van der Waals surface area contributed by atoms with Gasteiger partial charge in [-0.25, -0.2) is 9.59 Å². The van der Waals surface area contributed by atoms with Crippen LogP contribution in [0.3, 0.4) is 0 Å². The molecular weight excluding hydrogens is 604 g/mol. The zero-order chi connectivity index (χ0) is 36.5. The van der Waals surface area contributed by atoms with E-state index < -0.39 is 70.6 Å². The molecule has 0 aromatic rings. The Morgan fingerprint density at radius 1 is 0.957 bits per heavy atom. The van der Waals surface area contributed by atoms with Crippen LogP contribution in [0.1, 0.15) is 115 Å². The van der Waals surface area contributed by atoms with Crippen LogP contribution >= 0.6 is 0 Å². The third-order valence-corrected chi connectivity index (χ3v) is 8.60. The highest BCUT2D eigenvalue weighted by Crippen LogP contribution is 2.31. The zero-order valence-corrected chi connectivity index (χ0v) is 30.9. The van der Waals surface area contributed by atoms with Crippen molar-refractivity contribution in [3.63, 3.8) is 0 Å². The number of Topliss-reactive ketones (excluding diaryl/α,β-unsaturated/α-hetero) is 1. The Bertz CT molecular complexity index is 1080. The number of rotatable bonds is 15. The highest BCUT2D eigenvalue weighted by molar-refractivity contribution is 6.37. The van der Waals surface area contributed by atoms with Gasteiger partial charge in [-0.15, -0.1) is 0 Å². The zero-order valence-electron chi connectivity index (χ0n) is 30.9. The standard InChI is InChI=1S/C34H64N6O7/c1-13-15-20(3)16-22(25(41)27(35)42)36-28(43)23-17-21(14-2)18-40(23)29(44)26(33(7,8)9)38-30(45)37-24(32(4,5)6)19-47-31(46)39-34(10,11)12/h20-24,26,28,36,43H,13-19H2,1-12H3,(H2,35,42)(H,39,46)(H2,37,38,45)/t20?,21?,22?,23?,24-,26?,28?/m1/s1. The van der Waals surface area contributed by atoms with Gasteiger partial charge in [0.05, 0.1) is 18.1 Å². The first kappa shape index (κ1) is 42.1. The third kappa shape index (κ3) is 14.0. The lowest BCUT2D eigenvalue weighted by atomic mass is 9.85. The monoisotopic (exact) mass is 668 g/mol. The fraction of sp³-hybridized carbons (Fsp3) is 0.853. The van der Waals surface area contributed by atoms with E-state index in [0.29, 0.717) is 19.4 Å². The molecule has 0 bridgehead atoms. The highest BCUT2D eigenvalue weighted by atomic mass is 16.5. The van der Waals surface area contributed by atoms with Crippen molar-refractivity contribution in [2.75, 3.05) is 13.2 Å². The molecule has 0 radical (unpaired) electrons. The number of hydrogen-bond acceptors (Lipinski definition) is 8. The molecule has 1 saturated heterocycles. The lowest BCUT2D eigenvalue weighted by Gasteiger charge is -2.38. The van der Waals surface area contributed by atoms with Crippen LogP contribution in [0.4, 0.5) is 9.59 Å². The first-order chi connectivity index (χ1) is 21.4. The number of amides is 5. The van der Waals surface area contributed by atoms with Crippen molar-refractivity contribution in [1.29, 1.82) is 0 Å². The summed E-state index contributed by atoms with van der Waals surface area (Å²) in [5.74, 6) is -2.09. The third-order valence-electron chi connectivity index (χ3n) is 8.60. The average molecular weight is 669 g/mol. The molecule has 1 aliphatic rings. The molecule has 1 fully saturated rings. The van der Waals surface area contributed by atoms with Crippen LogP contribution < -0.4 is 27.0 Å². The van der Waals surface area contributed by atoms with Gasteiger partial charge in [-0.1, -0.05) is 81.6 Å². The Morgan fingerprint density at radius 2 is 1.55 bits per heavy atom. The Hall–Kier alpha value is -2.93. The quantitative estimate of drug-likeness (QED) is 0.113. The molecule has 47 heavy (non-hydrogen) atoms. The number of nitrogens with zero attached hydrogens (tertiary/aromatic N) is 1. The SMILES string of the molecule is CCCC(C)CC(NC(O)C1CC(CC)CN1C(=O)C(NC(=O)N[C@H](COC(=O)NC(C)(C)C)C(C)(C)C)C(C)(C)C)C(=O)C(N)=O. The first-order valence-corrected chi connectivity index (χ1v) is 17.0. The van der Waals surface area contributed by atoms with Crippen molar-refractivity contribution in [2.24, 2.45) is 28.4 Å². The number of alkyl carbamates (subject to hydrolysis) is 1. The topological polar surface area (TPSA) is 192 Å². The number of aliphatic hydroxyl groups is 1. The Morgan fingerprint density at radius 3 is 2.02 bits per heavy atom. The molecule has 272 valence electrons. The summed E-state index contributed by atoms with van der Waals surface area (Å²) in [6, 6.07) is -3.86. The number of nitrogens with one attached hydrogen (secondary N) is 4. The molecule has 6 unspecified atom stereocenters. The molecule has 0 spiro atoms. The van der Waals surface area contributed by atoms with Crippen molar-refractivity contribution >= 4 is 29.7 Å². The molecule has 0 aromatic heterocycles. The Labute approximate surface area is 282 Å².